The van der Waals surface area contributed by atoms with E-state index in [1.165, 1.54) is 18.3 Å². The molecule has 0 atom stereocenters. The molecule has 0 spiro atoms. The molecule has 1 amide bonds. The van der Waals surface area contributed by atoms with Crippen LogP contribution in [0, 0.1) is 0 Å². The van der Waals surface area contributed by atoms with Gasteiger partial charge in [0.2, 0.25) is 0 Å². The third kappa shape index (κ3) is 4.00. The predicted molar refractivity (Wildman–Crippen MR) is 103 cm³/mol. The first kappa shape index (κ1) is 19.5. The normalized spacial score (nSPS) is 15.0. The van der Waals surface area contributed by atoms with Crippen molar-refractivity contribution in [3.63, 3.8) is 0 Å². The Kier molecular flexibility index (Phi) is 5.98. The van der Waals surface area contributed by atoms with Crippen LogP contribution in [0.25, 0.3) is 0 Å². The van der Waals surface area contributed by atoms with Gasteiger partial charge in [-0.3, -0.25) is 4.79 Å². The lowest BCUT2D eigenvalue weighted by atomic mass is 10.1. The van der Waals surface area contributed by atoms with Crippen LogP contribution < -0.4 is 14.4 Å². The molecule has 0 unspecified atom stereocenters. The van der Waals surface area contributed by atoms with Crippen molar-refractivity contribution in [2.24, 2.45) is 10.2 Å². The van der Waals surface area contributed by atoms with Crippen molar-refractivity contribution in [3.8, 4) is 11.5 Å². The molecule has 0 bridgehead atoms. The summed E-state index contributed by atoms with van der Waals surface area (Å²) < 4.78 is 34.7. The molecular formula is C20H19F2N3O3. The highest BCUT2D eigenvalue weighted by Gasteiger charge is 2.32. The molecular weight excluding hydrogens is 368 g/mol. The third-order valence-electron chi connectivity index (χ3n) is 4.06. The van der Waals surface area contributed by atoms with Crippen molar-refractivity contribution >= 4 is 23.5 Å². The Morgan fingerprint density at radius 3 is 2.64 bits per heavy atom. The second-order valence-electron chi connectivity index (χ2n) is 5.78. The number of carbonyl (C=O) groups is 1. The van der Waals surface area contributed by atoms with E-state index in [-0.39, 0.29) is 23.1 Å². The van der Waals surface area contributed by atoms with Crippen LogP contribution >= 0.6 is 0 Å². The highest BCUT2D eigenvalue weighted by molar-refractivity contribution is 6.54. The minimum atomic E-state index is -2.94. The van der Waals surface area contributed by atoms with Gasteiger partial charge in [-0.15, -0.1) is 5.10 Å². The number of hydrogen-bond donors (Lipinski definition) is 0. The number of carbonyl (C=O) groups excluding carboxylic acids is 1. The predicted octanol–water partition coefficient (Wildman–Crippen LogP) is 3.88. The van der Waals surface area contributed by atoms with E-state index >= 15 is 0 Å². The second-order valence-corrected chi connectivity index (χ2v) is 5.78. The lowest BCUT2D eigenvalue weighted by Gasteiger charge is -2.12. The van der Waals surface area contributed by atoms with E-state index < -0.39 is 6.61 Å². The van der Waals surface area contributed by atoms with Crippen LogP contribution in [0.2, 0.25) is 0 Å². The average Bonchev–Trinajstić information content (AvgIpc) is 2.95. The van der Waals surface area contributed by atoms with Crippen LogP contribution in [0.3, 0.4) is 0 Å². The van der Waals surface area contributed by atoms with Crippen LogP contribution in [0.1, 0.15) is 25.0 Å². The molecule has 0 saturated heterocycles. The smallest absolute Gasteiger partial charge is 0.387 e. The Morgan fingerprint density at radius 2 is 1.93 bits per heavy atom. The van der Waals surface area contributed by atoms with Gasteiger partial charge in [-0.05, 0) is 43.7 Å². The Morgan fingerprint density at radius 1 is 1.14 bits per heavy atom. The lowest BCUT2D eigenvalue weighted by Crippen LogP contribution is -2.29. The molecule has 0 fully saturated rings. The monoisotopic (exact) mass is 387 g/mol. The maximum absolute atomic E-state index is 12.5. The number of alkyl halides is 2. The van der Waals surface area contributed by atoms with E-state index in [1.54, 1.807) is 17.9 Å². The molecule has 0 saturated carbocycles. The zero-order valence-electron chi connectivity index (χ0n) is 15.4. The summed E-state index contributed by atoms with van der Waals surface area (Å²) in [5.74, 6) is -0.0887. The molecule has 1 aliphatic rings. The van der Waals surface area contributed by atoms with Gasteiger partial charge in [0.15, 0.2) is 17.2 Å². The summed E-state index contributed by atoms with van der Waals surface area (Å²) in [6, 6.07) is 11.8. The first-order valence-corrected chi connectivity index (χ1v) is 8.79. The molecule has 8 heteroatoms. The van der Waals surface area contributed by atoms with Gasteiger partial charge in [0.05, 0.1) is 18.5 Å². The number of halogens is 2. The highest BCUT2D eigenvalue weighted by Crippen LogP contribution is 2.30. The summed E-state index contributed by atoms with van der Waals surface area (Å²) in [7, 11) is 0. The van der Waals surface area contributed by atoms with Gasteiger partial charge in [-0.1, -0.05) is 18.2 Å². The van der Waals surface area contributed by atoms with E-state index in [1.807, 2.05) is 31.2 Å². The molecule has 0 radical (unpaired) electrons. The Bertz CT molecular complexity index is 929. The lowest BCUT2D eigenvalue weighted by molar-refractivity contribution is -0.112. The zero-order chi connectivity index (χ0) is 20.1. The van der Waals surface area contributed by atoms with Crippen molar-refractivity contribution in [1.82, 2.24) is 0 Å². The molecule has 0 aromatic heterocycles. The van der Waals surface area contributed by atoms with E-state index in [4.69, 9.17) is 4.74 Å². The highest BCUT2D eigenvalue weighted by atomic mass is 19.3. The largest absolute Gasteiger partial charge is 0.490 e. The van der Waals surface area contributed by atoms with Crippen molar-refractivity contribution in [3.05, 3.63) is 53.6 Å². The molecule has 3 rings (SSSR count). The van der Waals surface area contributed by atoms with Crippen molar-refractivity contribution in [2.75, 3.05) is 18.1 Å². The van der Waals surface area contributed by atoms with Crippen LogP contribution in [0.4, 0.5) is 14.5 Å². The Balaban J connectivity index is 1.86. The fourth-order valence-electron chi connectivity index (χ4n) is 2.89. The number of fused-ring (bicyclic) bond motifs is 1. The average molecular weight is 387 g/mol. The van der Waals surface area contributed by atoms with E-state index in [2.05, 4.69) is 14.9 Å². The van der Waals surface area contributed by atoms with E-state index in [9.17, 15) is 13.6 Å². The summed E-state index contributed by atoms with van der Waals surface area (Å²) in [5, 5.41) is 8.09. The molecule has 0 aliphatic carbocycles. The van der Waals surface area contributed by atoms with Crippen molar-refractivity contribution in [2.45, 2.75) is 20.5 Å². The number of amides is 1. The van der Waals surface area contributed by atoms with Crippen LogP contribution in [-0.4, -0.2) is 37.6 Å². The number of likely N-dealkylation sites (N-methyl/N-ethyl adjacent to an activating group) is 1. The van der Waals surface area contributed by atoms with Gasteiger partial charge in [0.25, 0.3) is 5.91 Å². The first-order chi connectivity index (χ1) is 13.5. The summed E-state index contributed by atoms with van der Waals surface area (Å²) in [4.78, 5) is 14.2. The van der Waals surface area contributed by atoms with Gasteiger partial charge >= 0.3 is 6.61 Å². The number of hydrogen-bond acceptors (Lipinski definition) is 5. The number of benzene rings is 2. The maximum Gasteiger partial charge on any atom is 0.387 e. The van der Waals surface area contributed by atoms with Crippen LogP contribution in [0.15, 0.2) is 52.7 Å². The summed E-state index contributed by atoms with van der Waals surface area (Å²) in [6.45, 7) is 1.50. The van der Waals surface area contributed by atoms with Crippen molar-refractivity contribution in [1.29, 1.82) is 0 Å². The number of nitrogens with zero attached hydrogens (tertiary/aromatic N) is 3. The molecule has 2 aromatic rings. The topological polar surface area (TPSA) is 63.5 Å². The first-order valence-electron chi connectivity index (χ1n) is 8.79. The molecule has 1 heterocycles. The number of anilines is 1. The fraction of sp³-hybridized carbons (Fsp3) is 0.250. The maximum atomic E-state index is 12.5. The Labute approximate surface area is 161 Å². The standard InChI is InChI=1S/C20H19F2N3O3/c1-3-25-15-8-6-5-7-14(15)18(19(25)26)24-23-12-13-9-10-16(28-20(21)22)17(11-13)27-4-2/h5-12,20H,3-4H2,1-2H3/b23-12-,24-18-. The minimum Gasteiger partial charge on any atom is -0.490 e. The van der Waals surface area contributed by atoms with Gasteiger partial charge < -0.3 is 14.4 Å². The molecule has 28 heavy (non-hydrogen) atoms. The minimum absolute atomic E-state index is 0.0567. The number of para-hydroxylation sites is 1. The van der Waals surface area contributed by atoms with Crippen molar-refractivity contribution < 1.29 is 23.0 Å². The number of rotatable bonds is 7. The van der Waals surface area contributed by atoms with E-state index in [0.717, 1.165) is 11.3 Å². The zero-order valence-corrected chi connectivity index (χ0v) is 15.4. The fourth-order valence-corrected chi connectivity index (χ4v) is 2.89. The summed E-state index contributed by atoms with van der Waals surface area (Å²) >= 11 is 0. The van der Waals surface area contributed by atoms with E-state index in [0.29, 0.717) is 18.7 Å². The number of ether oxygens (including phenoxy) is 2. The SMILES string of the molecule is CCOc1cc(/C=N\N=C2/C(=O)N(CC)c3ccccc32)ccc1OC(F)F. The van der Waals surface area contributed by atoms with Crippen LogP contribution in [0.5, 0.6) is 11.5 Å². The van der Waals surface area contributed by atoms with Gasteiger partial charge in [0.1, 0.15) is 0 Å². The molecule has 0 N–H and O–H groups in total. The third-order valence-corrected chi connectivity index (χ3v) is 4.06. The Hall–Kier alpha value is -3.29. The molecule has 1 aliphatic heterocycles. The molecule has 146 valence electrons. The summed E-state index contributed by atoms with van der Waals surface area (Å²) in [5.41, 5.74) is 2.36. The second kappa shape index (κ2) is 8.60. The molecule has 2 aromatic carbocycles. The van der Waals surface area contributed by atoms with Gasteiger partial charge in [-0.25, -0.2) is 0 Å². The van der Waals surface area contributed by atoms with Gasteiger partial charge in [-0.2, -0.15) is 13.9 Å². The van der Waals surface area contributed by atoms with Crippen LogP contribution in [-0.2, 0) is 4.79 Å². The quantitative estimate of drug-likeness (QED) is 0.535. The molecule has 6 nitrogen and oxygen atoms in total. The van der Waals surface area contributed by atoms with Gasteiger partial charge in [0, 0.05) is 12.1 Å². The summed E-state index contributed by atoms with van der Waals surface area (Å²) in [6.07, 6.45) is 1.42.